The Labute approximate surface area is 171 Å². The van der Waals surface area contributed by atoms with E-state index in [-0.39, 0.29) is 22.7 Å². The molecule has 11 heteroatoms. The maximum absolute atomic E-state index is 13.2. The van der Waals surface area contributed by atoms with Crippen LogP contribution < -0.4 is 5.32 Å². The predicted octanol–water partition coefficient (Wildman–Crippen LogP) is 5.84. The summed E-state index contributed by atoms with van der Waals surface area (Å²) in [5.74, 6) is 0. The van der Waals surface area contributed by atoms with Gasteiger partial charge >= 0.3 is 12.4 Å². The van der Waals surface area contributed by atoms with Gasteiger partial charge in [-0.2, -0.15) is 36.5 Å². The van der Waals surface area contributed by atoms with Crippen molar-refractivity contribution in [3.63, 3.8) is 0 Å². The van der Waals surface area contributed by atoms with Gasteiger partial charge in [0.05, 0.1) is 33.9 Å². The molecule has 0 aliphatic carbocycles. The SMILES string of the molecule is FC(F)(F)c1ccc(Nc2ccc(C(F)(F)F)cc2-n2cccn2)c(-n2cccn2)c1. The molecule has 2 heterocycles. The normalized spacial score (nSPS) is 12.2. The topological polar surface area (TPSA) is 47.7 Å². The summed E-state index contributed by atoms with van der Waals surface area (Å²) in [5.41, 5.74) is -1.20. The van der Waals surface area contributed by atoms with Gasteiger partial charge in [0, 0.05) is 24.8 Å². The quantitative estimate of drug-likeness (QED) is 0.408. The van der Waals surface area contributed by atoms with Crippen molar-refractivity contribution in [3.05, 3.63) is 84.4 Å². The van der Waals surface area contributed by atoms with Crippen molar-refractivity contribution >= 4 is 11.4 Å². The molecular weight excluding hydrogens is 424 g/mol. The molecule has 31 heavy (non-hydrogen) atoms. The number of anilines is 2. The first kappa shape index (κ1) is 20.5. The number of benzene rings is 2. The number of aromatic nitrogens is 4. The zero-order chi connectivity index (χ0) is 22.2. The minimum atomic E-state index is -4.57. The van der Waals surface area contributed by atoms with Crippen molar-refractivity contribution in [3.8, 4) is 11.4 Å². The number of hydrogen-bond donors (Lipinski definition) is 1. The maximum atomic E-state index is 13.2. The van der Waals surface area contributed by atoms with Crippen LogP contribution in [0.4, 0.5) is 37.7 Å². The summed E-state index contributed by atoms with van der Waals surface area (Å²) in [6.45, 7) is 0. The molecule has 160 valence electrons. The summed E-state index contributed by atoms with van der Waals surface area (Å²) in [6, 6.07) is 9.06. The van der Waals surface area contributed by atoms with Crippen molar-refractivity contribution in [2.45, 2.75) is 12.4 Å². The van der Waals surface area contributed by atoms with Gasteiger partial charge in [-0.3, -0.25) is 0 Å². The minimum Gasteiger partial charge on any atom is -0.352 e. The van der Waals surface area contributed by atoms with Crippen LogP contribution in [-0.2, 0) is 12.4 Å². The van der Waals surface area contributed by atoms with Crippen LogP contribution in [0.1, 0.15) is 11.1 Å². The number of nitrogens with one attached hydrogen (secondary N) is 1. The van der Waals surface area contributed by atoms with Gasteiger partial charge < -0.3 is 5.32 Å². The van der Waals surface area contributed by atoms with E-state index in [4.69, 9.17) is 0 Å². The Balaban J connectivity index is 1.83. The first-order valence-electron chi connectivity index (χ1n) is 8.82. The Morgan fingerprint density at radius 1 is 0.645 bits per heavy atom. The van der Waals surface area contributed by atoms with E-state index < -0.39 is 23.5 Å². The van der Waals surface area contributed by atoms with E-state index in [2.05, 4.69) is 15.5 Å². The predicted molar refractivity (Wildman–Crippen MR) is 100 cm³/mol. The first-order chi connectivity index (χ1) is 14.6. The average Bonchev–Trinajstić information content (AvgIpc) is 3.41. The highest BCUT2D eigenvalue weighted by molar-refractivity contribution is 5.75. The van der Waals surface area contributed by atoms with Crippen molar-refractivity contribution < 1.29 is 26.3 Å². The Kier molecular flexibility index (Phi) is 4.96. The molecule has 4 rings (SSSR count). The van der Waals surface area contributed by atoms with E-state index in [1.807, 2.05) is 0 Å². The highest BCUT2D eigenvalue weighted by atomic mass is 19.4. The zero-order valence-electron chi connectivity index (χ0n) is 15.5. The number of rotatable bonds is 4. The molecule has 1 N–H and O–H groups in total. The number of hydrogen-bond acceptors (Lipinski definition) is 3. The highest BCUT2D eigenvalue weighted by Gasteiger charge is 2.32. The lowest BCUT2D eigenvalue weighted by atomic mass is 10.1. The molecule has 0 atom stereocenters. The Bertz CT molecular complexity index is 1080. The molecule has 0 fully saturated rings. The summed E-state index contributed by atoms with van der Waals surface area (Å²) in [5, 5.41) is 10.9. The molecule has 0 saturated carbocycles. The highest BCUT2D eigenvalue weighted by Crippen LogP contribution is 2.37. The molecule has 0 spiro atoms. The third-order valence-corrected chi connectivity index (χ3v) is 4.42. The molecule has 0 aliphatic heterocycles. The number of nitrogens with zero attached hydrogens (tertiary/aromatic N) is 4. The summed E-state index contributed by atoms with van der Waals surface area (Å²) < 4.78 is 81.7. The fourth-order valence-electron chi connectivity index (χ4n) is 2.97. The van der Waals surface area contributed by atoms with Crippen LogP contribution in [0, 0.1) is 0 Å². The van der Waals surface area contributed by atoms with Gasteiger partial charge in [0.15, 0.2) is 0 Å². The summed E-state index contributed by atoms with van der Waals surface area (Å²) in [4.78, 5) is 0. The fraction of sp³-hybridized carbons (Fsp3) is 0.100. The molecule has 0 aliphatic rings. The minimum absolute atomic E-state index is 0.0751. The standard InChI is InChI=1S/C20H13F6N5/c21-19(22,23)13-3-5-15(17(11-13)30-9-1-7-27-30)29-16-6-4-14(20(24,25)26)12-18(16)31-10-2-8-28-31/h1-12,29H. The van der Waals surface area contributed by atoms with Crippen LogP contribution in [0.5, 0.6) is 0 Å². The number of halogens is 6. The van der Waals surface area contributed by atoms with E-state index in [1.54, 1.807) is 0 Å². The van der Waals surface area contributed by atoms with E-state index in [0.29, 0.717) is 0 Å². The van der Waals surface area contributed by atoms with Crippen LogP contribution in [0.3, 0.4) is 0 Å². The molecule has 0 unspecified atom stereocenters. The second-order valence-corrected chi connectivity index (χ2v) is 6.49. The van der Waals surface area contributed by atoms with Crippen LogP contribution in [0.2, 0.25) is 0 Å². The molecule has 5 nitrogen and oxygen atoms in total. The third-order valence-electron chi connectivity index (χ3n) is 4.42. The molecule has 0 bridgehead atoms. The van der Waals surface area contributed by atoms with Crippen molar-refractivity contribution in [2.24, 2.45) is 0 Å². The van der Waals surface area contributed by atoms with Crippen LogP contribution >= 0.6 is 0 Å². The lowest BCUT2D eigenvalue weighted by Gasteiger charge is -2.18. The molecule has 4 aromatic rings. The summed E-state index contributed by atoms with van der Waals surface area (Å²) in [6.07, 6.45) is -3.43. The molecular formula is C20H13F6N5. The zero-order valence-corrected chi connectivity index (χ0v) is 15.5. The maximum Gasteiger partial charge on any atom is 0.416 e. The van der Waals surface area contributed by atoms with Gasteiger partial charge in [-0.25, -0.2) is 9.36 Å². The Morgan fingerprint density at radius 3 is 1.39 bits per heavy atom. The van der Waals surface area contributed by atoms with Crippen molar-refractivity contribution in [1.29, 1.82) is 0 Å². The van der Waals surface area contributed by atoms with Crippen molar-refractivity contribution in [1.82, 2.24) is 19.6 Å². The molecule has 0 amide bonds. The fourth-order valence-corrected chi connectivity index (χ4v) is 2.97. The van der Waals surface area contributed by atoms with Crippen LogP contribution in [0.25, 0.3) is 11.4 Å². The number of alkyl halides is 6. The third kappa shape index (κ3) is 4.25. The van der Waals surface area contributed by atoms with Gasteiger partial charge in [0.25, 0.3) is 0 Å². The van der Waals surface area contributed by atoms with Gasteiger partial charge in [-0.05, 0) is 48.5 Å². The molecule has 0 radical (unpaired) electrons. The van der Waals surface area contributed by atoms with Crippen LogP contribution in [-0.4, -0.2) is 19.6 Å². The Morgan fingerprint density at radius 2 is 1.06 bits per heavy atom. The summed E-state index contributed by atoms with van der Waals surface area (Å²) >= 11 is 0. The summed E-state index contributed by atoms with van der Waals surface area (Å²) in [7, 11) is 0. The largest absolute Gasteiger partial charge is 0.416 e. The molecule has 0 saturated heterocycles. The van der Waals surface area contributed by atoms with Gasteiger partial charge in [-0.15, -0.1) is 0 Å². The van der Waals surface area contributed by atoms with Crippen LogP contribution in [0.15, 0.2) is 73.3 Å². The van der Waals surface area contributed by atoms with E-state index in [9.17, 15) is 26.3 Å². The van der Waals surface area contributed by atoms with E-state index in [1.165, 1.54) is 58.4 Å². The molecule has 2 aromatic carbocycles. The monoisotopic (exact) mass is 437 g/mol. The molecule has 2 aromatic heterocycles. The Hall–Kier alpha value is -3.76. The lowest BCUT2D eigenvalue weighted by molar-refractivity contribution is -0.138. The smallest absolute Gasteiger partial charge is 0.352 e. The second kappa shape index (κ2) is 7.49. The van der Waals surface area contributed by atoms with Gasteiger partial charge in [0.2, 0.25) is 0 Å². The second-order valence-electron chi connectivity index (χ2n) is 6.49. The first-order valence-corrected chi connectivity index (χ1v) is 8.82. The van der Waals surface area contributed by atoms with E-state index in [0.717, 1.165) is 24.3 Å². The lowest BCUT2D eigenvalue weighted by Crippen LogP contribution is -2.10. The van der Waals surface area contributed by atoms with Crippen molar-refractivity contribution in [2.75, 3.05) is 5.32 Å². The average molecular weight is 437 g/mol. The van der Waals surface area contributed by atoms with Gasteiger partial charge in [-0.1, -0.05) is 0 Å². The van der Waals surface area contributed by atoms with Gasteiger partial charge in [0.1, 0.15) is 0 Å². The van der Waals surface area contributed by atoms with E-state index >= 15 is 0 Å².